The molecule has 0 saturated heterocycles. The standard InChI is InChI=1S/C10H12N4OS/c1-14-5-4-9(13-14)12-10(15)11-7-8-3-2-6-16-8/h2-6H,7H2,1H3,(H2,11,12,13,15). The van der Waals surface area contributed by atoms with E-state index in [1.165, 1.54) is 0 Å². The molecule has 0 spiro atoms. The van der Waals surface area contributed by atoms with Crippen molar-refractivity contribution < 1.29 is 4.79 Å². The molecular weight excluding hydrogens is 224 g/mol. The molecule has 2 amide bonds. The molecule has 2 heterocycles. The number of aromatic nitrogens is 2. The van der Waals surface area contributed by atoms with E-state index in [0.29, 0.717) is 12.4 Å². The van der Waals surface area contributed by atoms with E-state index in [0.717, 1.165) is 4.88 Å². The van der Waals surface area contributed by atoms with Gasteiger partial charge in [0.15, 0.2) is 5.82 Å². The van der Waals surface area contributed by atoms with Gasteiger partial charge in [0.1, 0.15) is 0 Å². The van der Waals surface area contributed by atoms with Crippen LogP contribution in [0.1, 0.15) is 4.88 Å². The van der Waals surface area contributed by atoms with E-state index < -0.39 is 0 Å². The van der Waals surface area contributed by atoms with Gasteiger partial charge in [0, 0.05) is 24.2 Å². The van der Waals surface area contributed by atoms with Gasteiger partial charge in [-0.25, -0.2) is 4.79 Å². The molecule has 0 aliphatic carbocycles. The predicted octanol–water partition coefficient (Wildman–Crippen LogP) is 1.80. The maximum atomic E-state index is 11.5. The third-order valence-corrected chi connectivity index (χ3v) is 2.83. The number of rotatable bonds is 3. The zero-order chi connectivity index (χ0) is 11.4. The molecule has 0 fully saturated rings. The van der Waals surface area contributed by atoms with Gasteiger partial charge in [0.2, 0.25) is 0 Å². The highest BCUT2D eigenvalue weighted by Crippen LogP contribution is 2.07. The molecule has 0 atom stereocenters. The van der Waals surface area contributed by atoms with Crippen molar-refractivity contribution in [3.05, 3.63) is 34.7 Å². The Morgan fingerprint density at radius 3 is 3.06 bits per heavy atom. The van der Waals surface area contributed by atoms with Gasteiger partial charge in [0.25, 0.3) is 0 Å². The molecule has 16 heavy (non-hydrogen) atoms. The third-order valence-electron chi connectivity index (χ3n) is 1.96. The number of hydrogen-bond donors (Lipinski definition) is 2. The summed E-state index contributed by atoms with van der Waals surface area (Å²) in [4.78, 5) is 12.6. The first kappa shape index (κ1) is 10.7. The van der Waals surface area contributed by atoms with Crippen LogP contribution in [0.4, 0.5) is 10.6 Å². The molecule has 5 nitrogen and oxygen atoms in total. The number of carbonyl (C=O) groups excluding carboxylic acids is 1. The Morgan fingerprint density at radius 1 is 1.56 bits per heavy atom. The van der Waals surface area contributed by atoms with Crippen LogP contribution in [0.3, 0.4) is 0 Å². The first-order valence-electron chi connectivity index (χ1n) is 4.81. The minimum Gasteiger partial charge on any atom is -0.333 e. The maximum absolute atomic E-state index is 11.5. The number of amides is 2. The minimum absolute atomic E-state index is 0.243. The molecule has 6 heteroatoms. The zero-order valence-corrected chi connectivity index (χ0v) is 9.62. The van der Waals surface area contributed by atoms with Gasteiger partial charge >= 0.3 is 6.03 Å². The van der Waals surface area contributed by atoms with E-state index >= 15 is 0 Å². The molecule has 0 saturated carbocycles. The van der Waals surface area contributed by atoms with Gasteiger partial charge in [-0.1, -0.05) is 6.07 Å². The number of anilines is 1. The highest BCUT2D eigenvalue weighted by molar-refractivity contribution is 7.09. The fourth-order valence-electron chi connectivity index (χ4n) is 1.22. The van der Waals surface area contributed by atoms with Crippen LogP contribution in [0.25, 0.3) is 0 Å². The lowest BCUT2D eigenvalue weighted by Gasteiger charge is -2.03. The maximum Gasteiger partial charge on any atom is 0.320 e. The molecule has 2 N–H and O–H groups in total. The first-order chi connectivity index (χ1) is 7.74. The number of nitrogens with one attached hydrogen (secondary N) is 2. The smallest absolute Gasteiger partial charge is 0.320 e. The van der Waals surface area contributed by atoms with E-state index in [9.17, 15) is 4.79 Å². The largest absolute Gasteiger partial charge is 0.333 e. The van der Waals surface area contributed by atoms with E-state index in [2.05, 4.69) is 15.7 Å². The Labute approximate surface area is 97.1 Å². The summed E-state index contributed by atoms with van der Waals surface area (Å²) in [6.45, 7) is 0.538. The van der Waals surface area contributed by atoms with Crippen molar-refractivity contribution in [2.24, 2.45) is 7.05 Å². The number of hydrogen-bond acceptors (Lipinski definition) is 3. The van der Waals surface area contributed by atoms with Crippen LogP contribution in [-0.2, 0) is 13.6 Å². The number of aryl methyl sites for hydroxylation is 1. The summed E-state index contributed by atoms with van der Waals surface area (Å²) < 4.78 is 1.63. The molecule has 0 aliphatic rings. The van der Waals surface area contributed by atoms with Crippen molar-refractivity contribution in [3.8, 4) is 0 Å². The van der Waals surface area contributed by atoms with Crippen LogP contribution in [0, 0.1) is 0 Å². The van der Waals surface area contributed by atoms with Crippen LogP contribution in [0.2, 0.25) is 0 Å². The highest BCUT2D eigenvalue weighted by Gasteiger charge is 2.03. The van der Waals surface area contributed by atoms with Crippen molar-refractivity contribution in [3.63, 3.8) is 0 Å². The average Bonchev–Trinajstić information content (AvgIpc) is 2.87. The minimum atomic E-state index is -0.243. The normalized spacial score (nSPS) is 10.1. The molecule has 0 bridgehead atoms. The molecular formula is C10H12N4OS. The first-order valence-corrected chi connectivity index (χ1v) is 5.69. The molecule has 0 unspecified atom stereocenters. The van der Waals surface area contributed by atoms with Crippen molar-refractivity contribution in [2.45, 2.75) is 6.54 Å². The summed E-state index contributed by atoms with van der Waals surface area (Å²) in [5, 5.41) is 11.4. The summed E-state index contributed by atoms with van der Waals surface area (Å²) in [7, 11) is 1.80. The highest BCUT2D eigenvalue weighted by atomic mass is 32.1. The fourth-order valence-corrected chi connectivity index (χ4v) is 1.87. The van der Waals surface area contributed by atoms with Crippen LogP contribution >= 0.6 is 11.3 Å². The van der Waals surface area contributed by atoms with Gasteiger partial charge < -0.3 is 5.32 Å². The second-order valence-electron chi connectivity index (χ2n) is 3.26. The fraction of sp³-hybridized carbons (Fsp3) is 0.200. The van der Waals surface area contributed by atoms with Gasteiger partial charge in [-0.15, -0.1) is 11.3 Å². The molecule has 0 radical (unpaired) electrons. The third kappa shape index (κ3) is 2.83. The van der Waals surface area contributed by atoms with E-state index in [4.69, 9.17) is 0 Å². The molecule has 2 aromatic heterocycles. The van der Waals surface area contributed by atoms with Crippen LogP contribution in [-0.4, -0.2) is 15.8 Å². The molecule has 84 valence electrons. The van der Waals surface area contributed by atoms with Crippen LogP contribution < -0.4 is 10.6 Å². The quantitative estimate of drug-likeness (QED) is 0.853. The molecule has 0 aromatic carbocycles. The van der Waals surface area contributed by atoms with Gasteiger partial charge in [-0.05, 0) is 11.4 Å². The lowest BCUT2D eigenvalue weighted by atomic mass is 10.5. The molecule has 2 rings (SSSR count). The monoisotopic (exact) mass is 236 g/mol. The Kier molecular flexibility index (Phi) is 3.21. The van der Waals surface area contributed by atoms with E-state index in [1.807, 2.05) is 17.5 Å². The number of thiophene rings is 1. The average molecular weight is 236 g/mol. The lowest BCUT2D eigenvalue weighted by molar-refractivity contribution is 0.251. The Morgan fingerprint density at radius 2 is 2.44 bits per heavy atom. The SMILES string of the molecule is Cn1ccc(NC(=O)NCc2cccs2)n1. The number of urea groups is 1. The van der Waals surface area contributed by atoms with E-state index in [1.54, 1.807) is 35.3 Å². The van der Waals surface area contributed by atoms with Crippen molar-refractivity contribution in [1.82, 2.24) is 15.1 Å². The topological polar surface area (TPSA) is 59.0 Å². The number of nitrogens with zero attached hydrogens (tertiary/aromatic N) is 2. The second kappa shape index (κ2) is 4.80. The lowest BCUT2D eigenvalue weighted by Crippen LogP contribution is -2.28. The van der Waals surface area contributed by atoms with Crippen molar-refractivity contribution >= 4 is 23.2 Å². The van der Waals surface area contributed by atoms with Crippen LogP contribution in [0.5, 0.6) is 0 Å². The Balaban J connectivity index is 1.81. The van der Waals surface area contributed by atoms with Gasteiger partial charge in [0.05, 0.1) is 6.54 Å². The van der Waals surface area contributed by atoms with Gasteiger partial charge in [-0.2, -0.15) is 5.10 Å². The van der Waals surface area contributed by atoms with E-state index in [-0.39, 0.29) is 6.03 Å². The Bertz CT molecular complexity index is 463. The molecule has 0 aliphatic heterocycles. The molecule has 2 aromatic rings. The zero-order valence-electron chi connectivity index (χ0n) is 8.80. The summed E-state index contributed by atoms with van der Waals surface area (Å²) in [5.74, 6) is 0.547. The summed E-state index contributed by atoms with van der Waals surface area (Å²) in [5.41, 5.74) is 0. The summed E-state index contributed by atoms with van der Waals surface area (Å²) >= 11 is 1.61. The van der Waals surface area contributed by atoms with Crippen molar-refractivity contribution in [2.75, 3.05) is 5.32 Å². The predicted molar refractivity (Wildman–Crippen MR) is 63.4 cm³/mol. The summed E-state index contributed by atoms with van der Waals surface area (Å²) in [6.07, 6.45) is 1.77. The summed E-state index contributed by atoms with van der Waals surface area (Å²) in [6, 6.07) is 5.43. The van der Waals surface area contributed by atoms with Gasteiger partial charge in [-0.3, -0.25) is 10.00 Å². The van der Waals surface area contributed by atoms with Crippen LogP contribution in [0.15, 0.2) is 29.8 Å². The van der Waals surface area contributed by atoms with Crippen molar-refractivity contribution in [1.29, 1.82) is 0 Å². The Hall–Kier alpha value is -1.82. The second-order valence-corrected chi connectivity index (χ2v) is 4.29. The number of carbonyl (C=O) groups is 1.